The molecular weight excluding hydrogens is 272 g/mol. The normalized spacial score (nSPS) is 10.3. The van der Waals surface area contributed by atoms with Gasteiger partial charge in [0.15, 0.2) is 0 Å². The Morgan fingerprint density at radius 2 is 2.31 bits per heavy atom. The summed E-state index contributed by atoms with van der Waals surface area (Å²) in [4.78, 5) is 19.1. The highest BCUT2D eigenvalue weighted by Crippen LogP contribution is 2.21. The van der Waals surface area contributed by atoms with Crippen LogP contribution in [0.15, 0.2) is 29.0 Å². The van der Waals surface area contributed by atoms with Gasteiger partial charge in [-0.15, -0.1) is 0 Å². The number of hydrogen-bond donors (Lipinski definition) is 2. The van der Waals surface area contributed by atoms with Crippen molar-refractivity contribution in [1.82, 2.24) is 9.97 Å². The predicted molar refractivity (Wildman–Crippen MR) is 64.9 cm³/mol. The van der Waals surface area contributed by atoms with Gasteiger partial charge in [-0.1, -0.05) is 0 Å². The Bertz CT molecular complexity index is 543. The molecule has 0 spiro atoms. The summed E-state index contributed by atoms with van der Waals surface area (Å²) >= 11 is 3.32. The van der Waals surface area contributed by atoms with E-state index in [9.17, 15) is 4.79 Å². The molecule has 0 fully saturated rings. The third-order valence-corrected chi connectivity index (χ3v) is 2.43. The van der Waals surface area contributed by atoms with Crippen molar-refractivity contribution in [2.24, 2.45) is 5.73 Å². The first-order chi connectivity index (χ1) is 7.66. The highest BCUT2D eigenvalue weighted by atomic mass is 79.9. The molecule has 5 nitrogen and oxygen atoms in total. The van der Waals surface area contributed by atoms with Crippen LogP contribution in [0.25, 0.3) is 11.0 Å². The summed E-state index contributed by atoms with van der Waals surface area (Å²) in [6.07, 6.45) is 3.33. The van der Waals surface area contributed by atoms with Crippen LogP contribution in [-0.2, 0) is 4.79 Å². The Kier molecular flexibility index (Phi) is 3.00. The lowest BCUT2D eigenvalue weighted by Gasteiger charge is -2.06. The van der Waals surface area contributed by atoms with Crippen LogP contribution in [0.3, 0.4) is 0 Å². The van der Waals surface area contributed by atoms with Crippen molar-refractivity contribution in [1.29, 1.82) is 0 Å². The zero-order valence-electron chi connectivity index (χ0n) is 8.27. The first-order valence-corrected chi connectivity index (χ1v) is 5.38. The molecule has 82 valence electrons. The highest BCUT2D eigenvalue weighted by molar-refractivity contribution is 9.10. The monoisotopic (exact) mass is 280 g/mol. The molecule has 3 N–H and O–H groups in total. The van der Waals surface area contributed by atoms with E-state index < -0.39 is 5.91 Å². The minimum absolute atomic E-state index is 0.0802. The number of carbonyl (C=O) groups excluding carboxylic acids is 1. The number of fused-ring (bicyclic) bond motifs is 1. The van der Waals surface area contributed by atoms with Crippen LogP contribution in [-0.4, -0.2) is 22.4 Å². The van der Waals surface area contributed by atoms with Gasteiger partial charge < -0.3 is 11.1 Å². The third-order valence-electron chi connectivity index (χ3n) is 2.00. The van der Waals surface area contributed by atoms with Gasteiger partial charge in [-0.2, -0.15) is 0 Å². The Hall–Kier alpha value is -1.69. The number of nitrogens with two attached hydrogens (primary N) is 1. The molecule has 1 amide bonds. The summed E-state index contributed by atoms with van der Waals surface area (Å²) in [6.45, 7) is 0.0802. The highest BCUT2D eigenvalue weighted by Gasteiger charge is 2.04. The molecule has 2 heterocycles. The molecule has 0 bridgehead atoms. The lowest BCUT2D eigenvalue weighted by Crippen LogP contribution is -2.21. The van der Waals surface area contributed by atoms with E-state index in [2.05, 4.69) is 31.2 Å². The smallest absolute Gasteiger partial charge is 0.236 e. The van der Waals surface area contributed by atoms with Gasteiger partial charge in [0.1, 0.15) is 5.52 Å². The number of nitrogens with zero attached hydrogens (tertiary/aromatic N) is 2. The minimum atomic E-state index is -0.415. The minimum Gasteiger partial charge on any atom is -0.374 e. The number of halogens is 1. The van der Waals surface area contributed by atoms with Crippen molar-refractivity contribution in [2.45, 2.75) is 0 Å². The molecule has 2 rings (SSSR count). The number of amides is 1. The lowest BCUT2D eigenvalue weighted by atomic mass is 10.3. The molecule has 0 aliphatic carbocycles. The molecule has 6 heteroatoms. The molecule has 0 aliphatic heterocycles. The second-order valence-corrected chi connectivity index (χ2v) is 4.12. The van der Waals surface area contributed by atoms with E-state index in [1.54, 1.807) is 18.5 Å². The molecule has 2 aromatic heterocycles. The fourth-order valence-electron chi connectivity index (χ4n) is 1.33. The largest absolute Gasteiger partial charge is 0.374 e. The quantitative estimate of drug-likeness (QED) is 0.888. The predicted octanol–water partition coefficient (Wildman–Crippen LogP) is 1.29. The summed E-state index contributed by atoms with van der Waals surface area (Å²) in [6, 6.07) is 3.62. The molecule has 0 saturated carbocycles. The second kappa shape index (κ2) is 4.44. The first kappa shape index (κ1) is 10.8. The molecule has 0 aromatic carbocycles. The summed E-state index contributed by atoms with van der Waals surface area (Å²) in [5, 5.41) is 2.91. The maximum atomic E-state index is 10.7. The molecule has 2 aromatic rings. The molecule has 0 unspecified atom stereocenters. The fourth-order valence-corrected chi connectivity index (χ4v) is 1.65. The van der Waals surface area contributed by atoms with Crippen LogP contribution in [0.1, 0.15) is 0 Å². The van der Waals surface area contributed by atoms with Crippen molar-refractivity contribution >= 4 is 38.6 Å². The van der Waals surface area contributed by atoms with Crippen molar-refractivity contribution < 1.29 is 4.79 Å². The van der Waals surface area contributed by atoms with Crippen LogP contribution in [0.4, 0.5) is 5.69 Å². The number of hydrogen-bond acceptors (Lipinski definition) is 4. The van der Waals surface area contributed by atoms with Gasteiger partial charge in [0.25, 0.3) is 0 Å². The van der Waals surface area contributed by atoms with Gasteiger partial charge >= 0.3 is 0 Å². The van der Waals surface area contributed by atoms with E-state index in [0.29, 0.717) is 5.52 Å². The maximum absolute atomic E-state index is 10.7. The molecule has 0 atom stereocenters. The zero-order valence-corrected chi connectivity index (χ0v) is 9.86. The topological polar surface area (TPSA) is 80.9 Å². The van der Waals surface area contributed by atoms with Crippen LogP contribution in [0, 0.1) is 0 Å². The lowest BCUT2D eigenvalue weighted by molar-refractivity contribution is -0.116. The van der Waals surface area contributed by atoms with Crippen LogP contribution in [0.5, 0.6) is 0 Å². The average molecular weight is 281 g/mol. The molecule has 0 aliphatic rings. The van der Waals surface area contributed by atoms with E-state index in [4.69, 9.17) is 5.73 Å². The van der Waals surface area contributed by atoms with Gasteiger partial charge in [-0.25, -0.2) is 0 Å². The maximum Gasteiger partial charge on any atom is 0.236 e. The second-order valence-electron chi connectivity index (χ2n) is 3.20. The number of aromatic nitrogens is 2. The van der Waals surface area contributed by atoms with Crippen LogP contribution < -0.4 is 11.1 Å². The number of carbonyl (C=O) groups is 1. The van der Waals surface area contributed by atoms with E-state index >= 15 is 0 Å². The van der Waals surface area contributed by atoms with Crippen molar-refractivity contribution in [2.75, 3.05) is 11.9 Å². The SMILES string of the molecule is NC(=O)CNc1ccnc2cc(Br)cnc12. The number of nitrogens with one attached hydrogen (secondary N) is 1. The van der Waals surface area contributed by atoms with Crippen molar-refractivity contribution in [3.63, 3.8) is 0 Å². The summed E-state index contributed by atoms with van der Waals surface area (Å²) in [7, 11) is 0. The van der Waals surface area contributed by atoms with Gasteiger partial charge in [-0.05, 0) is 28.1 Å². The Balaban J connectivity index is 2.41. The zero-order chi connectivity index (χ0) is 11.5. The molecule has 0 saturated heterocycles. The van der Waals surface area contributed by atoms with Gasteiger partial charge in [0.05, 0.1) is 17.7 Å². The third kappa shape index (κ3) is 2.27. The van der Waals surface area contributed by atoms with Crippen LogP contribution in [0.2, 0.25) is 0 Å². The van der Waals surface area contributed by atoms with Gasteiger partial charge in [0.2, 0.25) is 5.91 Å². The fraction of sp³-hybridized carbons (Fsp3) is 0.100. The van der Waals surface area contributed by atoms with Gasteiger partial charge in [-0.3, -0.25) is 14.8 Å². The van der Waals surface area contributed by atoms with E-state index in [0.717, 1.165) is 15.7 Å². The van der Waals surface area contributed by atoms with E-state index in [1.807, 2.05) is 6.07 Å². The van der Waals surface area contributed by atoms with Gasteiger partial charge in [0, 0.05) is 16.9 Å². The average Bonchev–Trinajstić information content (AvgIpc) is 2.25. The molecule has 0 radical (unpaired) electrons. The first-order valence-electron chi connectivity index (χ1n) is 4.59. The Morgan fingerprint density at radius 1 is 1.50 bits per heavy atom. The van der Waals surface area contributed by atoms with E-state index in [1.165, 1.54) is 0 Å². The standard InChI is InChI=1S/C10H9BrN4O/c11-6-3-8-10(15-4-6)7(1-2-13-8)14-5-9(12)16/h1-4H,5H2,(H2,12,16)(H,13,14). The number of pyridine rings is 2. The Morgan fingerprint density at radius 3 is 3.06 bits per heavy atom. The molecule has 16 heavy (non-hydrogen) atoms. The van der Waals surface area contributed by atoms with Crippen LogP contribution >= 0.6 is 15.9 Å². The number of primary amides is 1. The molecular formula is C10H9BrN4O. The summed E-state index contributed by atoms with van der Waals surface area (Å²) in [5.41, 5.74) is 7.28. The summed E-state index contributed by atoms with van der Waals surface area (Å²) < 4.78 is 0.861. The number of anilines is 1. The van der Waals surface area contributed by atoms with E-state index in [-0.39, 0.29) is 6.54 Å². The summed E-state index contributed by atoms with van der Waals surface area (Å²) in [5.74, 6) is -0.415. The Labute approximate surface area is 100 Å². The van der Waals surface area contributed by atoms with Crippen molar-refractivity contribution in [3.8, 4) is 0 Å². The number of rotatable bonds is 3. The van der Waals surface area contributed by atoms with Crippen molar-refractivity contribution in [3.05, 3.63) is 29.0 Å².